The Morgan fingerprint density at radius 3 is 2.64 bits per heavy atom. The summed E-state index contributed by atoms with van der Waals surface area (Å²) in [7, 11) is 1.69. The number of anilines is 1. The van der Waals surface area contributed by atoms with Gasteiger partial charge in [-0.3, -0.25) is 0 Å². The fraction of sp³-hybridized carbons (Fsp3) is 0.588. The molecule has 2 rings (SSSR count). The van der Waals surface area contributed by atoms with Crippen molar-refractivity contribution in [1.29, 1.82) is 0 Å². The molecule has 0 saturated heterocycles. The van der Waals surface area contributed by atoms with E-state index < -0.39 is 5.60 Å². The number of carbonyl (C=O) groups excluding carboxylic acids is 1. The molecule has 1 aliphatic rings. The standard InChI is InChI=1S/C17H26N2O3/c1-17(2,3)22-16(20)19-15-9-14(10-15)18-13-7-5-6-12(8-13)11-21-4/h5-8,14-15,18H,9-11H2,1-4H3,(H,19,20). The van der Waals surface area contributed by atoms with Gasteiger partial charge in [0.15, 0.2) is 0 Å². The summed E-state index contributed by atoms with van der Waals surface area (Å²) in [5.74, 6) is 0. The van der Waals surface area contributed by atoms with Gasteiger partial charge in [0, 0.05) is 24.9 Å². The van der Waals surface area contributed by atoms with Gasteiger partial charge in [-0.15, -0.1) is 0 Å². The predicted molar refractivity (Wildman–Crippen MR) is 87.0 cm³/mol. The summed E-state index contributed by atoms with van der Waals surface area (Å²) >= 11 is 0. The van der Waals surface area contributed by atoms with E-state index in [9.17, 15) is 4.79 Å². The Kier molecular flexibility index (Phi) is 5.29. The van der Waals surface area contributed by atoms with Crippen LogP contribution in [0.15, 0.2) is 24.3 Å². The summed E-state index contributed by atoms with van der Waals surface area (Å²) < 4.78 is 10.4. The Morgan fingerprint density at radius 2 is 2.00 bits per heavy atom. The molecule has 5 heteroatoms. The third-order valence-corrected chi connectivity index (χ3v) is 3.47. The molecule has 22 heavy (non-hydrogen) atoms. The summed E-state index contributed by atoms with van der Waals surface area (Å²) in [4.78, 5) is 11.7. The van der Waals surface area contributed by atoms with Gasteiger partial charge < -0.3 is 20.1 Å². The molecule has 0 heterocycles. The SMILES string of the molecule is COCc1cccc(NC2CC(NC(=O)OC(C)(C)C)C2)c1. The molecule has 0 aliphatic heterocycles. The molecule has 0 aromatic heterocycles. The number of nitrogens with one attached hydrogen (secondary N) is 2. The van der Waals surface area contributed by atoms with E-state index in [1.54, 1.807) is 7.11 Å². The van der Waals surface area contributed by atoms with E-state index >= 15 is 0 Å². The highest BCUT2D eigenvalue weighted by Gasteiger charge is 2.31. The van der Waals surface area contributed by atoms with Crippen molar-refractivity contribution in [3.05, 3.63) is 29.8 Å². The number of amides is 1. The van der Waals surface area contributed by atoms with Crippen molar-refractivity contribution in [2.24, 2.45) is 0 Å². The van der Waals surface area contributed by atoms with Crippen molar-refractivity contribution in [1.82, 2.24) is 5.32 Å². The Balaban J connectivity index is 1.73. The van der Waals surface area contributed by atoms with Crippen molar-refractivity contribution in [2.45, 2.75) is 57.9 Å². The van der Waals surface area contributed by atoms with Crippen molar-refractivity contribution >= 4 is 11.8 Å². The van der Waals surface area contributed by atoms with Crippen LogP contribution >= 0.6 is 0 Å². The summed E-state index contributed by atoms with van der Waals surface area (Å²) in [6, 6.07) is 8.78. The van der Waals surface area contributed by atoms with E-state index in [-0.39, 0.29) is 12.1 Å². The lowest BCUT2D eigenvalue weighted by molar-refractivity contribution is 0.0475. The number of hydrogen-bond donors (Lipinski definition) is 2. The minimum absolute atomic E-state index is 0.189. The molecule has 1 aromatic rings. The van der Waals surface area contributed by atoms with E-state index in [0.717, 1.165) is 24.1 Å². The molecule has 1 amide bonds. The first-order valence-corrected chi connectivity index (χ1v) is 7.69. The topological polar surface area (TPSA) is 59.6 Å². The lowest BCUT2D eigenvalue weighted by atomic mass is 9.86. The van der Waals surface area contributed by atoms with E-state index in [2.05, 4.69) is 16.7 Å². The van der Waals surface area contributed by atoms with Crippen LogP contribution in [0.1, 0.15) is 39.2 Å². The summed E-state index contributed by atoms with van der Waals surface area (Å²) in [6.07, 6.45) is 1.49. The van der Waals surface area contributed by atoms with Crippen molar-refractivity contribution < 1.29 is 14.3 Å². The first-order chi connectivity index (χ1) is 10.4. The summed E-state index contributed by atoms with van der Waals surface area (Å²) in [6.45, 7) is 6.21. The normalized spacial score (nSPS) is 20.9. The quantitative estimate of drug-likeness (QED) is 0.876. The van der Waals surface area contributed by atoms with Gasteiger partial charge in [0.05, 0.1) is 6.61 Å². The molecular formula is C17H26N2O3. The highest BCUT2D eigenvalue weighted by atomic mass is 16.6. The highest BCUT2D eigenvalue weighted by molar-refractivity contribution is 5.68. The number of methoxy groups -OCH3 is 1. The van der Waals surface area contributed by atoms with Crippen molar-refractivity contribution in [3.63, 3.8) is 0 Å². The van der Waals surface area contributed by atoms with Gasteiger partial charge in [-0.1, -0.05) is 12.1 Å². The first-order valence-electron chi connectivity index (χ1n) is 7.69. The average Bonchev–Trinajstić information content (AvgIpc) is 2.35. The van der Waals surface area contributed by atoms with Crippen LogP contribution in [-0.2, 0) is 16.1 Å². The number of ether oxygens (including phenoxy) is 2. The molecule has 5 nitrogen and oxygen atoms in total. The van der Waals surface area contributed by atoms with Gasteiger partial charge in [-0.05, 0) is 51.3 Å². The molecular weight excluding hydrogens is 280 g/mol. The maximum atomic E-state index is 11.7. The predicted octanol–water partition coefficient (Wildman–Crippen LogP) is 3.30. The Morgan fingerprint density at radius 1 is 1.27 bits per heavy atom. The van der Waals surface area contributed by atoms with Gasteiger partial charge in [-0.2, -0.15) is 0 Å². The van der Waals surface area contributed by atoms with E-state index in [1.165, 1.54) is 0 Å². The molecule has 1 saturated carbocycles. The van der Waals surface area contributed by atoms with Crippen LogP contribution in [0.3, 0.4) is 0 Å². The molecule has 1 aromatic carbocycles. The van der Waals surface area contributed by atoms with Gasteiger partial charge in [0.25, 0.3) is 0 Å². The number of alkyl carbamates (subject to hydrolysis) is 1. The molecule has 1 aliphatic carbocycles. The second kappa shape index (κ2) is 7.01. The van der Waals surface area contributed by atoms with E-state index in [0.29, 0.717) is 12.6 Å². The third kappa shape index (κ3) is 5.22. The smallest absolute Gasteiger partial charge is 0.407 e. The van der Waals surface area contributed by atoms with Crippen LogP contribution in [0, 0.1) is 0 Å². The minimum Gasteiger partial charge on any atom is -0.444 e. The van der Waals surface area contributed by atoms with Crippen LogP contribution in [0.4, 0.5) is 10.5 Å². The maximum Gasteiger partial charge on any atom is 0.407 e. The van der Waals surface area contributed by atoms with Crippen molar-refractivity contribution in [3.8, 4) is 0 Å². The van der Waals surface area contributed by atoms with Crippen LogP contribution < -0.4 is 10.6 Å². The zero-order chi connectivity index (χ0) is 16.2. The molecule has 0 spiro atoms. The molecule has 122 valence electrons. The number of rotatable bonds is 5. The molecule has 1 fully saturated rings. The second-order valence-electron chi connectivity index (χ2n) is 6.79. The maximum absolute atomic E-state index is 11.7. The molecule has 0 unspecified atom stereocenters. The fourth-order valence-corrected chi connectivity index (χ4v) is 2.48. The number of hydrogen-bond acceptors (Lipinski definition) is 4. The van der Waals surface area contributed by atoms with Crippen molar-refractivity contribution in [2.75, 3.05) is 12.4 Å². The highest BCUT2D eigenvalue weighted by Crippen LogP contribution is 2.25. The summed E-state index contributed by atoms with van der Waals surface area (Å²) in [5, 5.41) is 6.38. The first kappa shape index (κ1) is 16.6. The van der Waals surface area contributed by atoms with Crippen LogP contribution in [-0.4, -0.2) is 30.9 Å². The lowest BCUT2D eigenvalue weighted by Crippen LogP contribution is -2.50. The molecule has 0 bridgehead atoms. The number of carbonyl (C=O) groups is 1. The van der Waals surface area contributed by atoms with E-state index in [4.69, 9.17) is 9.47 Å². The Labute approximate surface area is 132 Å². The third-order valence-electron chi connectivity index (χ3n) is 3.47. The molecule has 2 N–H and O–H groups in total. The van der Waals surface area contributed by atoms with E-state index in [1.807, 2.05) is 39.0 Å². The van der Waals surface area contributed by atoms with Gasteiger partial charge in [0.2, 0.25) is 0 Å². The zero-order valence-electron chi connectivity index (χ0n) is 13.8. The largest absolute Gasteiger partial charge is 0.444 e. The van der Waals surface area contributed by atoms with Crippen LogP contribution in [0.2, 0.25) is 0 Å². The van der Waals surface area contributed by atoms with Crippen LogP contribution in [0.5, 0.6) is 0 Å². The Hall–Kier alpha value is -1.75. The Bertz CT molecular complexity index is 505. The molecule has 0 atom stereocenters. The van der Waals surface area contributed by atoms with Crippen LogP contribution in [0.25, 0.3) is 0 Å². The number of benzene rings is 1. The second-order valence-corrected chi connectivity index (χ2v) is 6.79. The zero-order valence-corrected chi connectivity index (χ0v) is 13.8. The lowest BCUT2D eigenvalue weighted by Gasteiger charge is -2.37. The fourth-order valence-electron chi connectivity index (χ4n) is 2.48. The molecule has 0 radical (unpaired) electrons. The minimum atomic E-state index is -0.451. The van der Waals surface area contributed by atoms with Gasteiger partial charge in [-0.25, -0.2) is 4.79 Å². The van der Waals surface area contributed by atoms with Gasteiger partial charge >= 0.3 is 6.09 Å². The van der Waals surface area contributed by atoms with Gasteiger partial charge in [0.1, 0.15) is 5.60 Å². The summed E-state index contributed by atoms with van der Waals surface area (Å²) in [5.41, 5.74) is 1.79. The average molecular weight is 306 g/mol. The monoisotopic (exact) mass is 306 g/mol.